The summed E-state index contributed by atoms with van der Waals surface area (Å²) in [6.45, 7) is 6.59. The Morgan fingerprint density at radius 3 is 2.58 bits per heavy atom. The van der Waals surface area contributed by atoms with Crippen LogP contribution < -0.4 is 5.32 Å². The molecule has 0 radical (unpaired) electrons. The van der Waals surface area contributed by atoms with Gasteiger partial charge in [0.2, 0.25) is 5.91 Å². The third-order valence-corrected chi connectivity index (χ3v) is 6.53. The summed E-state index contributed by atoms with van der Waals surface area (Å²) < 4.78 is 0. The van der Waals surface area contributed by atoms with E-state index in [0.29, 0.717) is 5.92 Å². The van der Waals surface area contributed by atoms with Crippen molar-refractivity contribution in [3.05, 3.63) is 35.9 Å². The summed E-state index contributed by atoms with van der Waals surface area (Å²) in [4.78, 5) is 14.2. The molecule has 0 aromatic heterocycles. The molecule has 0 spiro atoms. The molecule has 1 unspecified atom stereocenters. The zero-order valence-corrected chi connectivity index (χ0v) is 17.6. The molecule has 1 amide bonds. The van der Waals surface area contributed by atoms with Gasteiger partial charge in [-0.1, -0.05) is 56.4 Å². The maximum atomic E-state index is 13.3. The van der Waals surface area contributed by atoms with Crippen LogP contribution in [0.5, 0.6) is 0 Å². The minimum absolute atomic E-state index is 0.208. The lowest BCUT2D eigenvalue weighted by molar-refractivity contribution is -0.128. The van der Waals surface area contributed by atoms with Gasteiger partial charge in [-0.05, 0) is 64.0 Å². The van der Waals surface area contributed by atoms with Gasteiger partial charge in [-0.2, -0.15) is 0 Å². The maximum Gasteiger partial charge on any atom is 0.230 e. The van der Waals surface area contributed by atoms with Crippen molar-refractivity contribution >= 4 is 24.2 Å². The smallest absolute Gasteiger partial charge is 0.230 e. The zero-order chi connectivity index (χ0) is 19.0. The predicted molar refractivity (Wildman–Crippen MR) is 115 cm³/mol. The van der Waals surface area contributed by atoms with Gasteiger partial charge in [-0.3, -0.25) is 4.79 Å². The monoisotopic (exact) mass is 373 g/mol. The van der Waals surface area contributed by atoms with E-state index in [1.165, 1.54) is 31.3 Å². The first-order chi connectivity index (χ1) is 12.5. The van der Waals surface area contributed by atoms with Crippen LogP contribution in [-0.2, 0) is 4.79 Å². The second-order valence-electron chi connectivity index (χ2n) is 7.96. The predicted octanol–water partition coefficient (Wildman–Crippen LogP) is 7.03. The van der Waals surface area contributed by atoms with Crippen LogP contribution in [0.4, 0.5) is 5.69 Å². The molecule has 1 aromatic carbocycles. The van der Waals surface area contributed by atoms with Gasteiger partial charge in [0.05, 0.1) is 5.69 Å². The van der Waals surface area contributed by atoms with Crippen LogP contribution in [-0.4, -0.2) is 5.91 Å². The van der Waals surface area contributed by atoms with E-state index in [1.807, 2.05) is 24.3 Å². The Labute approximate surface area is 165 Å². The van der Waals surface area contributed by atoms with Crippen molar-refractivity contribution < 1.29 is 4.79 Å². The molecule has 1 aliphatic rings. The number of carbonyl (C=O) groups excluding carboxylic acids is 1. The lowest BCUT2D eigenvalue weighted by atomic mass is 9.67. The van der Waals surface area contributed by atoms with Gasteiger partial charge < -0.3 is 5.32 Å². The fraction of sp³-hybridized carbons (Fsp3) is 0.609. The fourth-order valence-corrected chi connectivity index (χ4v) is 4.38. The topological polar surface area (TPSA) is 29.1 Å². The number of thiol groups is 1. The third-order valence-electron chi connectivity index (χ3n) is 6.14. The van der Waals surface area contributed by atoms with Crippen molar-refractivity contribution in [3.8, 4) is 0 Å². The van der Waals surface area contributed by atoms with Crippen LogP contribution in [0.25, 0.3) is 0 Å². The van der Waals surface area contributed by atoms with Crippen LogP contribution in [0.1, 0.15) is 78.6 Å². The first-order valence-electron chi connectivity index (χ1n) is 10.2. The highest BCUT2D eigenvalue weighted by molar-refractivity contribution is 7.80. The van der Waals surface area contributed by atoms with Crippen LogP contribution in [0.3, 0.4) is 0 Å². The molecule has 0 heterocycles. The normalized spacial score (nSPS) is 18.4. The molecule has 144 valence electrons. The van der Waals surface area contributed by atoms with Crippen molar-refractivity contribution in [1.82, 2.24) is 0 Å². The summed E-state index contributed by atoms with van der Waals surface area (Å²) in [6.07, 6.45) is 12.3. The summed E-state index contributed by atoms with van der Waals surface area (Å²) in [6, 6.07) is 7.78. The molecule has 0 bridgehead atoms. The Morgan fingerprint density at radius 1 is 1.27 bits per heavy atom. The number of nitrogens with one attached hydrogen (secondary N) is 1. The number of para-hydroxylation sites is 1. The number of allylic oxidation sites excluding steroid dienone is 2. The Balaban J connectivity index is 2.13. The van der Waals surface area contributed by atoms with Gasteiger partial charge in [0.1, 0.15) is 0 Å². The van der Waals surface area contributed by atoms with Crippen molar-refractivity contribution in [1.29, 1.82) is 0 Å². The molecule has 1 saturated carbocycles. The van der Waals surface area contributed by atoms with Gasteiger partial charge >= 0.3 is 0 Å². The molecule has 2 rings (SSSR count). The minimum atomic E-state index is -0.210. The lowest BCUT2D eigenvalue weighted by Gasteiger charge is -2.38. The van der Waals surface area contributed by atoms with Crippen molar-refractivity contribution in [2.45, 2.75) is 83.5 Å². The summed E-state index contributed by atoms with van der Waals surface area (Å²) in [5.74, 6) is 0.819. The number of amides is 1. The Hall–Kier alpha value is -1.22. The van der Waals surface area contributed by atoms with Crippen LogP contribution >= 0.6 is 12.6 Å². The second-order valence-corrected chi connectivity index (χ2v) is 8.45. The lowest BCUT2D eigenvalue weighted by Crippen LogP contribution is -2.39. The molecule has 1 N–H and O–H groups in total. The average molecular weight is 374 g/mol. The van der Waals surface area contributed by atoms with Gasteiger partial charge in [-0.15, -0.1) is 12.6 Å². The summed E-state index contributed by atoms with van der Waals surface area (Å²) in [5.41, 5.74) is 2.08. The number of carbonyl (C=O) groups is 1. The Kier molecular flexibility index (Phi) is 8.27. The van der Waals surface area contributed by atoms with Gasteiger partial charge in [0, 0.05) is 10.3 Å². The first kappa shape index (κ1) is 21.1. The summed E-state index contributed by atoms with van der Waals surface area (Å²) >= 11 is 4.50. The summed E-state index contributed by atoms with van der Waals surface area (Å²) in [7, 11) is 0. The zero-order valence-electron chi connectivity index (χ0n) is 16.7. The molecule has 0 saturated heterocycles. The van der Waals surface area contributed by atoms with E-state index in [2.05, 4.69) is 44.8 Å². The molecular formula is C23H35NOS. The third kappa shape index (κ3) is 5.64. The van der Waals surface area contributed by atoms with E-state index >= 15 is 0 Å². The van der Waals surface area contributed by atoms with E-state index in [1.54, 1.807) is 0 Å². The largest absolute Gasteiger partial charge is 0.325 e. The molecule has 3 heteroatoms. The van der Waals surface area contributed by atoms with Crippen LogP contribution in [0, 0.1) is 11.3 Å². The van der Waals surface area contributed by atoms with Gasteiger partial charge in [0.15, 0.2) is 0 Å². The molecule has 0 aliphatic heterocycles. The highest BCUT2D eigenvalue weighted by Gasteiger charge is 2.40. The second kappa shape index (κ2) is 10.2. The fourth-order valence-electron chi connectivity index (χ4n) is 4.17. The highest BCUT2D eigenvalue weighted by atomic mass is 32.1. The standard InChI is InChI=1S/C23H35NOS/c1-4-18(3)13-14-19(5-2)17-23(15-9-6-10-16-23)22(25)24-20-11-7-8-12-21(20)26/h4,7-8,11-12,19,26H,5-6,9-10,13-17H2,1-3H3,(H,24,25)/b18-4+. The van der Waals surface area contributed by atoms with E-state index in [9.17, 15) is 4.79 Å². The first-order valence-corrected chi connectivity index (χ1v) is 10.7. The van der Waals surface area contributed by atoms with E-state index in [-0.39, 0.29) is 11.3 Å². The quantitative estimate of drug-likeness (QED) is 0.372. The number of benzene rings is 1. The molecule has 26 heavy (non-hydrogen) atoms. The Bertz CT molecular complexity index is 616. The van der Waals surface area contributed by atoms with Crippen LogP contribution in [0.15, 0.2) is 40.8 Å². The highest BCUT2D eigenvalue weighted by Crippen LogP contribution is 2.44. The molecule has 1 aromatic rings. The number of hydrogen-bond donors (Lipinski definition) is 2. The maximum absolute atomic E-state index is 13.3. The average Bonchev–Trinajstić information content (AvgIpc) is 2.67. The van der Waals surface area contributed by atoms with Crippen LogP contribution in [0.2, 0.25) is 0 Å². The van der Waals surface area contributed by atoms with Gasteiger partial charge in [-0.25, -0.2) is 0 Å². The van der Waals surface area contributed by atoms with E-state index < -0.39 is 0 Å². The minimum Gasteiger partial charge on any atom is -0.325 e. The van der Waals surface area contributed by atoms with Crippen molar-refractivity contribution in [2.75, 3.05) is 5.32 Å². The summed E-state index contributed by atoms with van der Waals surface area (Å²) in [5, 5.41) is 3.20. The molecular weight excluding hydrogens is 338 g/mol. The van der Waals surface area contributed by atoms with Crippen molar-refractivity contribution in [2.24, 2.45) is 11.3 Å². The van der Waals surface area contributed by atoms with Crippen molar-refractivity contribution in [3.63, 3.8) is 0 Å². The number of rotatable bonds is 8. The molecule has 2 nitrogen and oxygen atoms in total. The van der Waals surface area contributed by atoms with E-state index in [0.717, 1.165) is 42.7 Å². The SMILES string of the molecule is C/C=C(\C)CCC(CC)CC1(C(=O)Nc2ccccc2S)CCCCC1. The molecule has 1 atom stereocenters. The molecule has 1 fully saturated rings. The van der Waals surface area contributed by atoms with E-state index in [4.69, 9.17) is 0 Å². The number of anilines is 1. The van der Waals surface area contributed by atoms with Gasteiger partial charge in [0.25, 0.3) is 0 Å². The molecule has 1 aliphatic carbocycles. The number of hydrogen-bond acceptors (Lipinski definition) is 2. The Morgan fingerprint density at radius 2 is 1.96 bits per heavy atom.